The molecule has 29 heavy (non-hydrogen) atoms. The van der Waals surface area contributed by atoms with E-state index in [0.717, 1.165) is 23.1 Å². The molecule has 0 bridgehead atoms. The van der Waals surface area contributed by atoms with Crippen molar-refractivity contribution in [2.45, 2.75) is 26.8 Å². The van der Waals surface area contributed by atoms with Crippen LogP contribution in [-0.4, -0.2) is 16.1 Å². The van der Waals surface area contributed by atoms with Crippen LogP contribution in [0.15, 0.2) is 66.7 Å². The number of benzene rings is 3. The molecule has 3 heteroatoms. The van der Waals surface area contributed by atoms with Crippen molar-refractivity contribution >= 4 is 33.5 Å². The van der Waals surface area contributed by atoms with Crippen LogP contribution in [-0.2, 0) is 13.0 Å². The number of aromatic nitrogens is 1. The van der Waals surface area contributed by atoms with Gasteiger partial charge in [-0.15, -0.1) is 0 Å². The van der Waals surface area contributed by atoms with Crippen LogP contribution in [0, 0.1) is 13.8 Å². The number of hydrogen-bond donors (Lipinski definition) is 0. The lowest BCUT2D eigenvalue weighted by atomic mass is 10.1. The standard InChI is InChI=1S/C26H26INO/c1-18-4-13-25-24(16-18)19(2)26(22-9-11-23(29-3)12-10-22)28(25)17-21-7-5-20(6-8-21)14-15-27/h4-13,16H,14-15,17H2,1-3H3. The molecule has 0 saturated carbocycles. The summed E-state index contributed by atoms with van der Waals surface area (Å²) in [6.07, 6.45) is 1.13. The number of nitrogens with zero attached hydrogens (tertiary/aromatic N) is 1. The molecule has 148 valence electrons. The minimum atomic E-state index is 0.860. The number of fused-ring (bicyclic) bond motifs is 1. The van der Waals surface area contributed by atoms with E-state index in [4.69, 9.17) is 4.74 Å². The van der Waals surface area contributed by atoms with E-state index in [1.54, 1.807) is 7.11 Å². The van der Waals surface area contributed by atoms with E-state index in [1.807, 2.05) is 12.1 Å². The summed E-state index contributed by atoms with van der Waals surface area (Å²) in [5.41, 5.74) is 9.15. The van der Waals surface area contributed by atoms with E-state index in [1.165, 1.54) is 44.4 Å². The molecular formula is C26H26INO. The Bertz CT molecular complexity index is 1120. The maximum atomic E-state index is 5.36. The molecule has 0 aliphatic carbocycles. The van der Waals surface area contributed by atoms with Gasteiger partial charge in [0.25, 0.3) is 0 Å². The summed E-state index contributed by atoms with van der Waals surface area (Å²) < 4.78 is 8.97. The molecule has 0 saturated heterocycles. The molecule has 0 spiro atoms. The number of hydrogen-bond acceptors (Lipinski definition) is 1. The Morgan fingerprint density at radius 3 is 2.21 bits per heavy atom. The first kappa shape index (κ1) is 20.0. The molecule has 0 fully saturated rings. The number of ether oxygens (including phenoxy) is 1. The summed E-state index contributed by atoms with van der Waals surface area (Å²) in [7, 11) is 1.71. The monoisotopic (exact) mass is 495 g/mol. The summed E-state index contributed by atoms with van der Waals surface area (Å²) in [4.78, 5) is 0. The Balaban J connectivity index is 1.84. The van der Waals surface area contributed by atoms with E-state index in [-0.39, 0.29) is 0 Å². The fraction of sp³-hybridized carbons (Fsp3) is 0.231. The molecule has 2 nitrogen and oxygen atoms in total. The van der Waals surface area contributed by atoms with Crippen molar-refractivity contribution in [3.05, 3.63) is 89.0 Å². The molecule has 0 aliphatic heterocycles. The van der Waals surface area contributed by atoms with Gasteiger partial charge in [0.1, 0.15) is 5.75 Å². The first-order valence-corrected chi connectivity index (χ1v) is 11.5. The molecule has 0 N–H and O–H groups in total. The zero-order valence-corrected chi connectivity index (χ0v) is 19.4. The maximum absolute atomic E-state index is 5.36. The fourth-order valence-electron chi connectivity index (χ4n) is 4.02. The van der Waals surface area contributed by atoms with Gasteiger partial charge in [0, 0.05) is 21.9 Å². The number of aryl methyl sites for hydroxylation is 3. The average molecular weight is 495 g/mol. The van der Waals surface area contributed by atoms with Crippen molar-refractivity contribution in [3.63, 3.8) is 0 Å². The molecule has 3 aromatic carbocycles. The topological polar surface area (TPSA) is 14.2 Å². The minimum Gasteiger partial charge on any atom is -0.497 e. The summed E-state index contributed by atoms with van der Waals surface area (Å²) in [5.74, 6) is 0.885. The zero-order chi connectivity index (χ0) is 20.4. The SMILES string of the molecule is COc1ccc(-c2c(C)c3cc(C)ccc3n2Cc2ccc(CCI)cc2)cc1. The molecule has 0 radical (unpaired) electrons. The number of methoxy groups -OCH3 is 1. The van der Waals surface area contributed by atoms with Crippen LogP contribution in [0.25, 0.3) is 22.2 Å². The highest BCUT2D eigenvalue weighted by Gasteiger charge is 2.16. The Hall–Kier alpha value is -2.27. The second-order valence-electron chi connectivity index (χ2n) is 7.56. The van der Waals surface area contributed by atoms with Crippen LogP contribution in [0.2, 0.25) is 0 Å². The van der Waals surface area contributed by atoms with Crippen LogP contribution in [0.1, 0.15) is 22.3 Å². The summed E-state index contributed by atoms with van der Waals surface area (Å²) >= 11 is 2.44. The largest absolute Gasteiger partial charge is 0.497 e. The Morgan fingerprint density at radius 2 is 1.55 bits per heavy atom. The van der Waals surface area contributed by atoms with Gasteiger partial charge in [-0.2, -0.15) is 0 Å². The van der Waals surface area contributed by atoms with Crippen molar-refractivity contribution in [2.24, 2.45) is 0 Å². The summed E-state index contributed by atoms with van der Waals surface area (Å²) in [6.45, 7) is 5.26. The quantitative estimate of drug-likeness (QED) is 0.208. The molecule has 0 aliphatic rings. The van der Waals surface area contributed by atoms with Gasteiger partial charge in [-0.1, -0.05) is 58.5 Å². The Labute approximate surface area is 186 Å². The molecule has 4 aromatic rings. The van der Waals surface area contributed by atoms with Gasteiger partial charge in [0.15, 0.2) is 0 Å². The molecule has 0 amide bonds. The Morgan fingerprint density at radius 1 is 0.862 bits per heavy atom. The lowest BCUT2D eigenvalue weighted by molar-refractivity contribution is 0.415. The highest BCUT2D eigenvalue weighted by Crippen LogP contribution is 2.35. The van der Waals surface area contributed by atoms with Gasteiger partial charge in [-0.05, 0) is 78.9 Å². The molecule has 1 heterocycles. The van der Waals surface area contributed by atoms with Gasteiger partial charge in [0.2, 0.25) is 0 Å². The number of alkyl halides is 1. The highest BCUT2D eigenvalue weighted by atomic mass is 127. The van der Waals surface area contributed by atoms with Crippen LogP contribution < -0.4 is 4.74 Å². The van der Waals surface area contributed by atoms with E-state index in [0.29, 0.717) is 0 Å². The molecule has 4 rings (SSSR count). The van der Waals surface area contributed by atoms with E-state index >= 15 is 0 Å². The van der Waals surface area contributed by atoms with Crippen LogP contribution in [0.5, 0.6) is 5.75 Å². The minimum absolute atomic E-state index is 0.860. The third-order valence-electron chi connectivity index (χ3n) is 5.58. The van der Waals surface area contributed by atoms with Gasteiger partial charge in [0.05, 0.1) is 12.8 Å². The van der Waals surface area contributed by atoms with Crippen molar-refractivity contribution in [1.29, 1.82) is 0 Å². The fourth-order valence-corrected chi connectivity index (χ4v) is 4.65. The molecule has 0 atom stereocenters. The van der Waals surface area contributed by atoms with Crippen molar-refractivity contribution in [3.8, 4) is 17.0 Å². The third-order valence-corrected chi connectivity index (χ3v) is 6.12. The van der Waals surface area contributed by atoms with Crippen LogP contribution in [0.3, 0.4) is 0 Å². The van der Waals surface area contributed by atoms with E-state index in [9.17, 15) is 0 Å². The second-order valence-corrected chi connectivity index (χ2v) is 8.64. The second kappa shape index (κ2) is 8.62. The number of halogens is 1. The van der Waals surface area contributed by atoms with Gasteiger partial charge >= 0.3 is 0 Å². The van der Waals surface area contributed by atoms with Gasteiger partial charge < -0.3 is 9.30 Å². The van der Waals surface area contributed by atoms with Crippen LogP contribution in [0.4, 0.5) is 0 Å². The number of rotatable bonds is 6. The van der Waals surface area contributed by atoms with E-state index in [2.05, 4.69) is 95.6 Å². The van der Waals surface area contributed by atoms with Crippen molar-refractivity contribution in [1.82, 2.24) is 4.57 Å². The van der Waals surface area contributed by atoms with Crippen molar-refractivity contribution < 1.29 is 4.74 Å². The molecule has 1 aromatic heterocycles. The first-order valence-electron chi connectivity index (χ1n) is 9.98. The predicted octanol–water partition coefficient (Wildman–Crippen LogP) is 6.96. The molecular weight excluding hydrogens is 469 g/mol. The smallest absolute Gasteiger partial charge is 0.118 e. The highest BCUT2D eigenvalue weighted by molar-refractivity contribution is 14.1. The first-order chi connectivity index (χ1) is 14.1. The van der Waals surface area contributed by atoms with E-state index < -0.39 is 0 Å². The third kappa shape index (κ3) is 4.06. The van der Waals surface area contributed by atoms with Crippen LogP contribution >= 0.6 is 22.6 Å². The average Bonchev–Trinajstić information content (AvgIpc) is 3.01. The van der Waals surface area contributed by atoms with Crippen molar-refractivity contribution in [2.75, 3.05) is 11.5 Å². The van der Waals surface area contributed by atoms with Gasteiger partial charge in [-0.3, -0.25) is 0 Å². The Kier molecular flexibility index (Phi) is 5.95. The maximum Gasteiger partial charge on any atom is 0.118 e. The lowest BCUT2D eigenvalue weighted by Gasteiger charge is -2.13. The summed E-state index contributed by atoms with van der Waals surface area (Å²) in [6, 6.07) is 24.3. The predicted molar refractivity (Wildman–Crippen MR) is 132 cm³/mol. The molecule has 0 unspecified atom stereocenters. The zero-order valence-electron chi connectivity index (χ0n) is 17.2. The summed E-state index contributed by atoms with van der Waals surface area (Å²) in [5, 5.41) is 1.33. The normalized spacial score (nSPS) is 11.2. The van der Waals surface area contributed by atoms with Gasteiger partial charge in [-0.25, -0.2) is 0 Å². The lowest BCUT2D eigenvalue weighted by Crippen LogP contribution is -2.02.